The third kappa shape index (κ3) is 4.53. The van der Waals surface area contributed by atoms with E-state index >= 15 is 0 Å². The molecule has 0 spiro atoms. The SMILES string of the molecule is CCCNC(C=C(C)C)c1cccc(N(C)C)c1. The van der Waals surface area contributed by atoms with Crippen molar-refractivity contribution in [1.82, 2.24) is 5.32 Å². The molecule has 0 saturated carbocycles. The molecule has 0 heterocycles. The minimum atomic E-state index is 0.315. The molecule has 0 amide bonds. The smallest absolute Gasteiger partial charge is 0.0509 e. The average molecular weight is 246 g/mol. The first-order valence-corrected chi connectivity index (χ1v) is 6.70. The average Bonchev–Trinajstić information content (AvgIpc) is 2.34. The van der Waals surface area contributed by atoms with Crippen LogP contribution in [0.5, 0.6) is 0 Å². The van der Waals surface area contributed by atoms with Gasteiger partial charge in [-0.2, -0.15) is 0 Å². The molecule has 0 aromatic heterocycles. The normalized spacial score (nSPS) is 12.1. The van der Waals surface area contributed by atoms with Gasteiger partial charge in [0.05, 0.1) is 6.04 Å². The van der Waals surface area contributed by atoms with E-state index in [0.29, 0.717) is 6.04 Å². The van der Waals surface area contributed by atoms with Gasteiger partial charge in [-0.1, -0.05) is 30.7 Å². The van der Waals surface area contributed by atoms with E-state index in [-0.39, 0.29) is 0 Å². The van der Waals surface area contributed by atoms with E-state index in [1.165, 1.54) is 16.8 Å². The predicted octanol–water partition coefficient (Wildman–Crippen LogP) is 3.76. The van der Waals surface area contributed by atoms with Crippen LogP contribution in [0.15, 0.2) is 35.9 Å². The van der Waals surface area contributed by atoms with Crippen molar-refractivity contribution >= 4 is 5.69 Å². The Labute approximate surface area is 112 Å². The highest BCUT2D eigenvalue weighted by Gasteiger charge is 2.08. The number of allylic oxidation sites excluding steroid dienone is 1. The third-order valence-electron chi connectivity index (χ3n) is 2.86. The summed E-state index contributed by atoms with van der Waals surface area (Å²) in [6.07, 6.45) is 3.45. The van der Waals surface area contributed by atoms with Crippen LogP contribution in [0.3, 0.4) is 0 Å². The highest BCUT2D eigenvalue weighted by Crippen LogP contribution is 2.21. The number of hydrogen-bond donors (Lipinski definition) is 1. The second-order valence-electron chi connectivity index (χ2n) is 5.17. The molecule has 0 fully saturated rings. The molecule has 0 radical (unpaired) electrons. The molecule has 0 saturated heterocycles. The molecule has 1 unspecified atom stereocenters. The highest BCUT2D eigenvalue weighted by molar-refractivity contribution is 5.48. The molecule has 1 aromatic carbocycles. The van der Waals surface area contributed by atoms with Crippen molar-refractivity contribution < 1.29 is 0 Å². The van der Waals surface area contributed by atoms with Gasteiger partial charge in [0, 0.05) is 19.8 Å². The first-order valence-electron chi connectivity index (χ1n) is 6.70. The molecule has 1 aromatic rings. The molecule has 18 heavy (non-hydrogen) atoms. The van der Waals surface area contributed by atoms with Gasteiger partial charge in [-0.3, -0.25) is 0 Å². The van der Waals surface area contributed by atoms with Gasteiger partial charge in [0.15, 0.2) is 0 Å². The summed E-state index contributed by atoms with van der Waals surface area (Å²) in [6, 6.07) is 9.04. The van der Waals surface area contributed by atoms with Gasteiger partial charge in [0.2, 0.25) is 0 Å². The Morgan fingerprint density at radius 1 is 1.33 bits per heavy atom. The summed E-state index contributed by atoms with van der Waals surface area (Å²) < 4.78 is 0. The lowest BCUT2D eigenvalue weighted by Crippen LogP contribution is -2.21. The maximum Gasteiger partial charge on any atom is 0.0509 e. The Hall–Kier alpha value is -1.28. The molecule has 0 aliphatic rings. The maximum atomic E-state index is 3.59. The van der Waals surface area contributed by atoms with Gasteiger partial charge in [-0.05, 0) is 44.5 Å². The lowest BCUT2D eigenvalue weighted by Gasteiger charge is -2.19. The van der Waals surface area contributed by atoms with Crippen molar-refractivity contribution in [2.24, 2.45) is 0 Å². The minimum Gasteiger partial charge on any atom is -0.378 e. The third-order valence-corrected chi connectivity index (χ3v) is 2.86. The summed E-state index contributed by atoms with van der Waals surface area (Å²) in [4.78, 5) is 2.14. The molecule has 100 valence electrons. The maximum absolute atomic E-state index is 3.59. The molecule has 1 N–H and O–H groups in total. The molecule has 2 heteroatoms. The number of nitrogens with zero attached hydrogens (tertiary/aromatic N) is 1. The van der Waals surface area contributed by atoms with E-state index in [9.17, 15) is 0 Å². The van der Waals surface area contributed by atoms with Crippen molar-refractivity contribution in [3.63, 3.8) is 0 Å². The summed E-state index contributed by atoms with van der Waals surface area (Å²) in [5.74, 6) is 0. The van der Waals surface area contributed by atoms with Crippen molar-refractivity contribution in [2.45, 2.75) is 33.2 Å². The zero-order valence-corrected chi connectivity index (χ0v) is 12.3. The van der Waals surface area contributed by atoms with Crippen molar-refractivity contribution in [2.75, 3.05) is 25.5 Å². The van der Waals surface area contributed by atoms with Crippen LogP contribution in [0.2, 0.25) is 0 Å². The van der Waals surface area contributed by atoms with Crippen molar-refractivity contribution in [3.8, 4) is 0 Å². The fourth-order valence-electron chi connectivity index (χ4n) is 1.90. The molecule has 2 nitrogen and oxygen atoms in total. The predicted molar refractivity (Wildman–Crippen MR) is 81.2 cm³/mol. The lowest BCUT2D eigenvalue weighted by molar-refractivity contribution is 0.610. The summed E-state index contributed by atoms with van der Waals surface area (Å²) in [7, 11) is 4.16. The van der Waals surface area contributed by atoms with E-state index in [1.807, 2.05) is 0 Å². The number of anilines is 1. The van der Waals surface area contributed by atoms with E-state index < -0.39 is 0 Å². The Kier molecular flexibility index (Phi) is 5.93. The quantitative estimate of drug-likeness (QED) is 0.769. The summed E-state index contributed by atoms with van der Waals surface area (Å²) in [5.41, 5.74) is 3.92. The summed E-state index contributed by atoms with van der Waals surface area (Å²) in [5, 5.41) is 3.59. The molecule has 1 rings (SSSR count). The first kappa shape index (κ1) is 14.8. The number of hydrogen-bond acceptors (Lipinski definition) is 2. The minimum absolute atomic E-state index is 0.315. The molecular weight excluding hydrogens is 220 g/mol. The molecule has 0 bridgehead atoms. The van der Waals surface area contributed by atoms with Gasteiger partial charge < -0.3 is 10.2 Å². The fourth-order valence-corrected chi connectivity index (χ4v) is 1.90. The summed E-state index contributed by atoms with van der Waals surface area (Å²) >= 11 is 0. The van der Waals surface area contributed by atoms with Crippen LogP contribution in [0, 0.1) is 0 Å². The van der Waals surface area contributed by atoms with Crippen LogP contribution in [0.4, 0.5) is 5.69 Å². The van der Waals surface area contributed by atoms with Crippen LogP contribution >= 0.6 is 0 Å². The number of nitrogens with one attached hydrogen (secondary N) is 1. The van der Waals surface area contributed by atoms with Crippen LogP contribution in [-0.4, -0.2) is 20.6 Å². The largest absolute Gasteiger partial charge is 0.378 e. The van der Waals surface area contributed by atoms with Gasteiger partial charge in [-0.25, -0.2) is 0 Å². The van der Waals surface area contributed by atoms with Crippen molar-refractivity contribution in [1.29, 1.82) is 0 Å². The number of benzene rings is 1. The zero-order valence-electron chi connectivity index (χ0n) is 12.3. The van der Waals surface area contributed by atoms with Gasteiger partial charge in [0.1, 0.15) is 0 Å². The number of rotatable bonds is 6. The van der Waals surface area contributed by atoms with Crippen LogP contribution in [0.25, 0.3) is 0 Å². The van der Waals surface area contributed by atoms with Crippen molar-refractivity contribution in [3.05, 3.63) is 41.5 Å². The van der Waals surface area contributed by atoms with E-state index in [1.54, 1.807) is 0 Å². The first-order chi connectivity index (χ1) is 8.54. The van der Waals surface area contributed by atoms with E-state index in [0.717, 1.165) is 13.0 Å². The van der Waals surface area contributed by atoms with Gasteiger partial charge in [-0.15, -0.1) is 0 Å². The topological polar surface area (TPSA) is 15.3 Å². The lowest BCUT2D eigenvalue weighted by atomic mass is 10.0. The highest BCUT2D eigenvalue weighted by atomic mass is 15.1. The Morgan fingerprint density at radius 2 is 2.06 bits per heavy atom. The fraction of sp³-hybridized carbons (Fsp3) is 0.500. The zero-order chi connectivity index (χ0) is 13.5. The molecular formula is C16H26N2. The second-order valence-corrected chi connectivity index (χ2v) is 5.17. The molecule has 0 aliphatic carbocycles. The van der Waals surface area contributed by atoms with E-state index in [2.05, 4.69) is 75.4 Å². The summed E-state index contributed by atoms with van der Waals surface area (Å²) in [6.45, 7) is 7.54. The Balaban J connectivity index is 2.96. The van der Waals surface area contributed by atoms with Crippen LogP contribution in [-0.2, 0) is 0 Å². The Morgan fingerprint density at radius 3 is 2.61 bits per heavy atom. The van der Waals surface area contributed by atoms with E-state index in [4.69, 9.17) is 0 Å². The second kappa shape index (κ2) is 7.22. The Bertz CT molecular complexity index is 390. The van der Waals surface area contributed by atoms with Crippen LogP contribution in [0.1, 0.15) is 38.8 Å². The standard InChI is InChI=1S/C16H26N2/c1-6-10-17-16(11-13(2)3)14-8-7-9-15(12-14)18(4)5/h7-9,11-12,16-17H,6,10H2,1-5H3. The molecule has 1 atom stereocenters. The van der Waals surface area contributed by atoms with Gasteiger partial charge >= 0.3 is 0 Å². The van der Waals surface area contributed by atoms with Crippen LogP contribution < -0.4 is 10.2 Å². The molecule has 0 aliphatic heterocycles. The monoisotopic (exact) mass is 246 g/mol. The van der Waals surface area contributed by atoms with Gasteiger partial charge in [0.25, 0.3) is 0 Å².